The van der Waals surface area contributed by atoms with Gasteiger partial charge >= 0.3 is 76.2 Å². The zero-order valence-corrected chi connectivity index (χ0v) is 10.7. The molecule has 0 heterocycles. The van der Waals surface area contributed by atoms with E-state index in [0.717, 1.165) is 0 Å². The van der Waals surface area contributed by atoms with Gasteiger partial charge in [-0.05, 0) is 0 Å². The maximum atomic E-state index is 5.47. The monoisotopic (exact) mass is 208 g/mol. The van der Waals surface area contributed by atoms with Crippen molar-refractivity contribution in [1.29, 1.82) is 0 Å². The van der Waals surface area contributed by atoms with E-state index in [4.69, 9.17) is 7.58 Å². The molecule has 0 bridgehead atoms. The molecule has 0 fully saturated rings. The van der Waals surface area contributed by atoms with Crippen LogP contribution in [-0.4, -0.2) is 27.1 Å². The van der Waals surface area contributed by atoms with Crippen molar-refractivity contribution in [2.24, 2.45) is 0 Å². The Bertz CT molecular complexity index is 101. The molecule has 0 atom stereocenters. The quantitative estimate of drug-likeness (QED) is 0.551. The van der Waals surface area contributed by atoms with E-state index in [0.29, 0.717) is 0 Å². The molecule has 0 aromatic heterocycles. The average molecular weight is 209 g/mol. The van der Waals surface area contributed by atoms with E-state index >= 15 is 0 Å². The summed E-state index contributed by atoms with van der Waals surface area (Å²) in [5, 5.41) is 0. The first-order chi connectivity index (χ1) is 4.71. The Labute approximate surface area is 88.8 Å². The van der Waals surface area contributed by atoms with E-state index in [1.165, 1.54) is 0 Å². The Morgan fingerprint density at radius 2 is 1.00 bits per heavy atom. The molecule has 0 radical (unpaired) electrons. The fourth-order valence-electron chi connectivity index (χ4n) is 0.313. The van der Waals surface area contributed by atoms with Crippen LogP contribution in [0.25, 0.3) is 0 Å². The van der Waals surface area contributed by atoms with Crippen LogP contribution in [0.2, 0.25) is 0 Å². The summed E-state index contributed by atoms with van der Waals surface area (Å²) in [6, 6.07) is 0. The van der Waals surface area contributed by atoms with Crippen LogP contribution in [0.4, 0.5) is 0 Å². The van der Waals surface area contributed by atoms with Gasteiger partial charge in [0.15, 0.2) is 0 Å². The van der Waals surface area contributed by atoms with E-state index in [1.807, 2.05) is 41.5 Å². The second kappa shape index (κ2) is 5.47. The summed E-state index contributed by atoms with van der Waals surface area (Å²) in [7, 11) is 0. The van der Waals surface area contributed by atoms with Gasteiger partial charge in [-0.15, -0.1) is 0 Å². The van der Waals surface area contributed by atoms with Crippen molar-refractivity contribution < 1.29 is 20.0 Å². The van der Waals surface area contributed by atoms with Crippen molar-refractivity contribution in [2.45, 2.75) is 52.7 Å². The van der Waals surface area contributed by atoms with E-state index in [-0.39, 0.29) is 39.5 Å². The van der Waals surface area contributed by atoms with Gasteiger partial charge in [0.25, 0.3) is 0 Å². The fraction of sp³-hybridized carbons (Fsp3) is 1.00. The Kier molecular flexibility index (Phi) is 6.94. The van der Waals surface area contributed by atoms with Gasteiger partial charge in [0.2, 0.25) is 0 Å². The molecule has 0 aromatic rings. The van der Waals surface area contributed by atoms with E-state index in [2.05, 4.69) is 0 Å². The van der Waals surface area contributed by atoms with Gasteiger partial charge in [-0.25, -0.2) is 0 Å². The molecule has 0 aliphatic rings. The summed E-state index contributed by atoms with van der Waals surface area (Å²) in [6.45, 7) is 12.2. The standard InChI is InChI=1S/2C4H9O.Al.ClH/c2*1-4(2,3)5;;/h2*1-3H3;;1H/q2*-1;+3;/p-1. The molecule has 0 aliphatic heterocycles. The van der Waals surface area contributed by atoms with Crippen LogP contribution in [0.5, 0.6) is 0 Å². The molecular formula is C8H18AlClO2. The molecule has 0 saturated heterocycles. The third-order valence-corrected chi connectivity index (χ3v) is 2.41. The molecule has 4 heteroatoms. The summed E-state index contributed by atoms with van der Waals surface area (Å²) in [4.78, 5) is 0. The van der Waals surface area contributed by atoms with Gasteiger partial charge in [-0.2, -0.15) is 0 Å². The van der Waals surface area contributed by atoms with E-state index in [1.54, 1.807) is 0 Å². The zero-order valence-electron chi connectivity index (χ0n) is 8.77. The fourth-order valence-corrected chi connectivity index (χ4v) is 0.938. The van der Waals surface area contributed by atoms with Gasteiger partial charge in [0, 0.05) is 0 Å². The van der Waals surface area contributed by atoms with Crippen LogP contribution in [0.1, 0.15) is 41.5 Å². The van der Waals surface area contributed by atoms with Crippen LogP contribution in [0.3, 0.4) is 0 Å². The minimum Gasteiger partial charge on any atom is -1.00 e. The van der Waals surface area contributed by atoms with Gasteiger partial charge < -0.3 is 12.4 Å². The molecule has 0 unspecified atom stereocenters. The molecular weight excluding hydrogens is 191 g/mol. The molecule has 0 amide bonds. The summed E-state index contributed by atoms with van der Waals surface area (Å²) in [6.07, 6.45) is 0. The molecule has 72 valence electrons. The van der Waals surface area contributed by atoms with Crippen molar-refractivity contribution in [2.75, 3.05) is 0 Å². The second-order valence-corrected chi connectivity index (χ2v) is 5.22. The Hall–Kier alpha value is 0.742. The van der Waals surface area contributed by atoms with Crippen molar-refractivity contribution in [3.63, 3.8) is 0 Å². The number of halogens is 1. The SMILES string of the molecule is CC(C)(C)[O][Al+][O]C(C)(C)C.[Cl-]. The van der Waals surface area contributed by atoms with Crippen LogP contribution in [-0.2, 0) is 7.58 Å². The predicted molar refractivity (Wildman–Crippen MR) is 47.4 cm³/mol. The van der Waals surface area contributed by atoms with Crippen molar-refractivity contribution in [1.82, 2.24) is 0 Å². The van der Waals surface area contributed by atoms with Crippen molar-refractivity contribution in [3.05, 3.63) is 0 Å². The van der Waals surface area contributed by atoms with Gasteiger partial charge in [0.1, 0.15) is 0 Å². The molecule has 2 nitrogen and oxygen atoms in total. The van der Waals surface area contributed by atoms with Crippen molar-refractivity contribution >= 4 is 15.9 Å². The molecule has 0 aliphatic carbocycles. The summed E-state index contributed by atoms with van der Waals surface area (Å²) >= 11 is -0.331. The van der Waals surface area contributed by atoms with Gasteiger partial charge in [-0.3, -0.25) is 0 Å². The Morgan fingerprint density at radius 1 is 0.750 bits per heavy atom. The van der Waals surface area contributed by atoms with E-state index < -0.39 is 0 Å². The maximum Gasteiger partial charge on any atom is -1.00 e. The first-order valence-corrected chi connectivity index (χ1v) is 4.82. The zero-order chi connectivity index (χ0) is 9.12. The molecule has 12 heavy (non-hydrogen) atoms. The third kappa shape index (κ3) is 13.3. The summed E-state index contributed by atoms with van der Waals surface area (Å²) in [5.74, 6) is 0. The van der Waals surface area contributed by atoms with Crippen LogP contribution < -0.4 is 12.4 Å². The molecule has 0 saturated carbocycles. The largest absolute Gasteiger partial charge is 1.00 e. The minimum absolute atomic E-state index is 0. The Balaban J connectivity index is 0. The third-order valence-electron chi connectivity index (χ3n) is 0.803. The predicted octanol–water partition coefficient (Wildman–Crippen LogP) is -0.845. The average Bonchev–Trinajstić information content (AvgIpc) is 1.55. The number of rotatable bonds is 2. The van der Waals surface area contributed by atoms with Gasteiger partial charge in [-0.1, -0.05) is 0 Å². The first-order valence-electron chi connectivity index (χ1n) is 3.88. The molecule has 0 aromatic carbocycles. The van der Waals surface area contributed by atoms with Crippen molar-refractivity contribution in [3.8, 4) is 0 Å². The summed E-state index contributed by atoms with van der Waals surface area (Å²) < 4.78 is 10.9. The first kappa shape index (κ1) is 15.2. The smallest absolute Gasteiger partial charge is 1.00 e. The Morgan fingerprint density at radius 3 is 1.17 bits per heavy atom. The molecule has 0 spiro atoms. The normalized spacial score (nSPS) is 11.8. The molecule has 0 rings (SSSR count). The maximum absolute atomic E-state index is 5.47. The van der Waals surface area contributed by atoms with Gasteiger partial charge in [0.05, 0.1) is 0 Å². The van der Waals surface area contributed by atoms with Crippen LogP contribution >= 0.6 is 0 Å². The topological polar surface area (TPSA) is 18.5 Å². The van der Waals surface area contributed by atoms with Crippen LogP contribution in [0, 0.1) is 0 Å². The number of hydrogen-bond donors (Lipinski definition) is 0. The second-order valence-electron chi connectivity index (χ2n) is 4.56. The summed E-state index contributed by atoms with van der Waals surface area (Å²) in [5.41, 5.74) is -0.138. The van der Waals surface area contributed by atoms with E-state index in [9.17, 15) is 0 Å². The van der Waals surface area contributed by atoms with Crippen LogP contribution in [0.15, 0.2) is 0 Å². The minimum atomic E-state index is -0.331. The molecule has 0 N–H and O–H groups in total. The number of hydrogen-bond acceptors (Lipinski definition) is 2.